The second-order valence-electron chi connectivity index (χ2n) is 7.88. The predicted molar refractivity (Wildman–Crippen MR) is 96.5 cm³/mol. The van der Waals surface area contributed by atoms with Crippen molar-refractivity contribution in [3.63, 3.8) is 0 Å². The van der Waals surface area contributed by atoms with E-state index in [1.165, 1.54) is 30.4 Å². The molecule has 1 N–H and O–H groups in total. The van der Waals surface area contributed by atoms with Gasteiger partial charge in [-0.1, -0.05) is 18.2 Å². The van der Waals surface area contributed by atoms with Crippen LogP contribution < -0.4 is 0 Å². The molecule has 2 heterocycles. The third kappa shape index (κ3) is 3.61. The smallest absolute Gasteiger partial charge is 0.227 e. The number of aliphatic hydroxyl groups is 1. The molecule has 3 atom stereocenters. The van der Waals surface area contributed by atoms with Crippen LogP contribution in [0.3, 0.4) is 0 Å². The molecule has 0 radical (unpaired) electrons. The molecule has 0 saturated carbocycles. The standard InChI is InChI=1S/C21H29NO3/c23-20-9-11-25-14-18(20)19-6-3-10-22(19)21(24)13-15-7-8-16-4-1-2-5-17(16)12-15/h7-8,12,18-20,23H,1-6,9-11,13-14H2/t18-,19-,20-/m1/s1. The number of hydrogen-bond donors (Lipinski definition) is 1. The lowest BCUT2D eigenvalue weighted by atomic mass is 9.88. The number of ether oxygens (including phenoxy) is 1. The van der Waals surface area contributed by atoms with Gasteiger partial charge >= 0.3 is 0 Å². The predicted octanol–water partition coefficient (Wildman–Crippen LogP) is 2.50. The fraction of sp³-hybridized carbons (Fsp3) is 0.667. The Labute approximate surface area is 150 Å². The maximum absolute atomic E-state index is 12.9. The highest BCUT2D eigenvalue weighted by atomic mass is 16.5. The van der Waals surface area contributed by atoms with Crippen molar-refractivity contribution in [2.75, 3.05) is 19.8 Å². The molecular weight excluding hydrogens is 314 g/mol. The normalized spacial score (nSPS) is 29.5. The minimum Gasteiger partial charge on any atom is -0.393 e. The van der Waals surface area contributed by atoms with Crippen molar-refractivity contribution in [2.24, 2.45) is 5.92 Å². The Morgan fingerprint density at radius 1 is 1.16 bits per heavy atom. The van der Waals surface area contributed by atoms with Crippen LogP contribution in [-0.2, 0) is 28.8 Å². The summed E-state index contributed by atoms with van der Waals surface area (Å²) in [5, 5.41) is 10.3. The molecule has 1 aromatic carbocycles. The molecule has 1 aliphatic carbocycles. The number of amides is 1. The van der Waals surface area contributed by atoms with Crippen LogP contribution in [0.5, 0.6) is 0 Å². The summed E-state index contributed by atoms with van der Waals surface area (Å²) in [6.07, 6.45) is 7.72. The van der Waals surface area contributed by atoms with Gasteiger partial charge in [0.05, 0.1) is 19.1 Å². The van der Waals surface area contributed by atoms with Crippen molar-refractivity contribution in [1.29, 1.82) is 0 Å². The van der Waals surface area contributed by atoms with E-state index < -0.39 is 0 Å². The first-order chi connectivity index (χ1) is 12.2. The second kappa shape index (κ2) is 7.46. The van der Waals surface area contributed by atoms with E-state index in [1.54, 1.807) is 0 Å². The molecule has 1 aromatic rings. The molecule has 3 aliphatic rings. The highest BCUT2D eigenvalue weighted by Gasteiger charge is 2.39. The van der Waals surface area contributed by atoms with E-state index in [-0.39, 0.29) is 24.0 Å². The molecule has 0 spiro atoms. The maximum Gasteiger partial charge on any atom is 0.227 e. The topological polar surface area (TPSA) is 49.8 Å². The van der Waals surface area contributed by atoms with Crippen molar-refractivity contribution >= 4 is 5.91 Å². The molecule has 2 fully saturated rings. The monoisotopic (exact) mass is 343 g/mol. The number of aryl methyl sites for hydroxylation is 2. The molecule has 0 bridgehead atoms. The van der Waals surface area contributed by atoms with Crippen LogP contribution in [0, 0.1) is 5.92 Å². The third-order valence-electron chi connectivity index (χ3n) is 6.24. The Morgan fingerprint density at radius 3 is 2.84 bits per heavy atom. The largest absolute Gasteiger partial charge is 0.393 e. The van der Waals surface area contributed by atoms with Gasteiger partial charge in [0.1, 0.15) is 0 Å². The molecular formula is C21H29NO3. The van der Waals surface area contributed by atoms with Crippen LogP contribution >= 0.6 is 0 Å². The molecule has 25 heavy (non-hydrogen) atoms. The van der Waals surface area contributed by atoms with Crippen LogP contribution in [0.2, 0.25) is 0 Å². The van der Waals surface area contributed by atoms with E-state index >= 15 is 0 Å². The van der Waals surface area contributed by atoms with Crippen molar-refractivity contribution in [3.05, 3.63) is 34.9 Å². The van der Waals surface area contributed by atoms with E-state index in [0.717, 1.165) is 31.4 Å². The van der Waals surface area contributed by atoms with Gasteiger partial charge in [-0.25, -0.2) is 0 Å². The Bertz CT molecular complexity index is 630. The number of carbonyl (C=O) groups excluding carboxylic acids is 1. The van der Waals surface area contributed by atoms with E-state index in [9.17, 15) is 9.90 Å². The molecule has 136 valence electrons. The van der Waals surface area contributed by atoms with Gasteiger partial charge in [0.2, 0.25) is 5.91 Å². The average Bonchev–Trinajstić information content (AvgIpc) is 3.11. The zero-order chi connectivity index (χ0) is 17.2. The molecule has 1 amide bonds. The summed E-state index contributed by atoms with van der Waals surface area (Å²) < 4.78 is 5.58. The summed E-state index contributed by atoms with van der Waals surface area (Å²) in [6.45, 7) is 2.03. The lowest BCUT2D eigenvalue weighted by Gasteiger charge is -2.37. The molecule has 4 rings (SSSR count). The van der Waals surface area contributed by atoms with E-state index in [4.69, 9.17) is 4.74 Å². The van der Waals surface area contributed by atoms with Crippen LogP contribution in [0.4, 0.5) is 0 Å². The Morgan fingerprint density at radius 2 is 2.00 bits per heavy atom. The number of fused-ring (bicyclic) bond motifs is 1. The van der Waals surface area contributed by atoms with Crippen LogP contribution in [0.1, 0.15) is 48.8 Å². The van der Waals surface area contributed by atoms with E-state index in [2.05, 4.69) is 18.2 Å². The number of aliphatic hydroxyl groups excluding tert-OH is 1. The fourth-order valence-corrected chi connectivity index (χ4v) is 4.84. The number of rotatable bonds is 3. The summed E-state index contributed by atoms with van der Waals surface area (Å²) in [4.78, 5) is 15.0. The summed E-state index contributed by atoms with van der Waals surface area (Å²) in [5.41, 5.74) is 4.03. The lowest BCUT2D eigenvalue weighted by molar-refractivity contribution is -0.135. The summed E-state index contributed by atoms with van der Waals surface area (Å²) in [6, 6.07) is 6.74. The van der Waals surface area contributed by atoms with Gasteiger partial charge in [-0.15, -0.1) is 0 Å². The first-order valence-corrected chi connectivity index (χ1v) is 9.88. The van der Waals surface area contributed by atoms with E-state index in [1.807, 2.05) is 4.90 Å². The average molecular weight is 343 g/mol. The Kier molecular flexibility index (Phi) is 5.09. The minimum atomic E-state index is -0.337. The first kappa shape index (κ1) is 17.0. The number of benzene rings is 1. The number of nitrogens with zero attached hydrogens (tertiary/aromatic N) is 1. The molecule has 4 heteroatoms. The van der Waals surface area contributed by atoms with Gasteiger partial charge in [0.25, 0.3) is 0 Å². The van der Waals surface area contributed by atoms with Crippen molar-refractivity contribution < 1.29 is 14.6 Å². The van der Waals surface area contributed by atoms with Crippen molar-refractivity contribution in [2.45, 2.75) is 63.5 Å². The first-order valence-electron chi connectivity index (χ1n) is 9.88. The van der Waals surface area contributed by atoms with E-state index in [0.29, 0.717) is 26.1 Å². The zero-order valence-electron chi connectivity index (χ0n) is 15.0. The highest BCUT2D eigenvalue weighted by molar-refractivity contribution is 5.79. The van der Waals surface area contributed by atoms with Gasteiger partial charge in [-0.2, -0.15) is 0 Å². The van der Waals surface area contributed by atoms with Gasteiger partial charge in [-0.3, -0.25) is 4.79 Å². The molecule has 2 saturated heterocycles. The summed E-state index contributed by atoms with van der Waals surface area (Å²) >= 11 is 0. The maximum atomic E-state index is 12.9. The Balaban J connectivity index is 1.44. The van der Waals surface area contributed by atoms with Crippen LogP contribution in [-0.4, -0.2) is 47.8 Å². The van der Waals surface area contributed by atoms with Crippen LogP contribution in [0.25, 0.3) is 0 Å². The number of hydrogen-bond acceptors (Lipinski definition) is 3. The lowest BCUT2D eigenvalue weighted by Crippen LogP contribution is -2.48. The van der Waals surface area contributed by atoms with Gasteiger partial charge in [0.15, 0.2) is 0 Å². The highest BCUT2D eigenvalue weighted by Crippen LogP contribution is 2.30. The minimum absolute atomic E-state index is 0.0729. The molecule has 0 unspecified atom stereocenters. The molecule has 0 aromatic heterocycles. The fourth-order valence-electron chi connectivity index (χ4n) is 4.84. The number of carbonyl (C=O) groups is 1. The number of likely N-dealkylation sites (tertiary alicyclic amines) is 1. The van der Waals surface area contributed by atoms with Gasteiger partial charge in [-0.05, 0) is 61.6 Å². The molecule has 4 nitrogen and oxygen atoms in total. The van der Waals surface area contributed by atoms with Gasteiger partial charge < -0.3 is 14.7 Å². The van der Waals surface area contributed by atoms with Crippen LogP contribution in [0.15, 0.2) is 18.2 Å². The molecule has 2 aliphatic heterocycles. The van der Waals surface area contributed by atoms with Crippen molar-refractivity contribution in [3.8, 4) is 0 Å². The summed E-state index contributed by atoms with van der Waals surface area (Å²) in [7, 11) is 0. The van der Waals surface area contributed by atoms with Gasteiger partial charge in [0, 0.05) is 25.1 Å². The Hall–Kier alpha value is -1.39. The zero-order valence-corrected chi connectivity index (χ0v) is 15.0. The quantitative estimate of drug-likeness (QED) is 0.917. The second-order valence-corrected chi connectivity index (χ2v) is 7.88. The summed E-state index contributed by atoms with van der Waals surface area (Å²) in [5.74, 6) is 0.278. The SMILES string of the molecule is O=C(Cc1ccc2c(c1)CCCC2)N1CCC[C@@H]1[C@H]1COCC[C@H]1O. The third-order valence-corrected chi connectivity index (χ3v) is 6.24. The van der Waals surface area contributed by atoms with Crippen molar-refractivity contribution in [1.82, 2.24) is 4.90 Å².